The van der Waals surface area contributed by atoms with E-state index in [2.05, 4.69) is 5.32 Å². The van der Waals surface area contributed by atoms with Crippen molar-refractivity contribution < 1.29 is 9.59 Å². The van der Waals surface area contributed by atoms with Crippen LogP contribution in [0.3, 0.4) is 0 Å². The first-order valence-corrected chi connectivity index (χ1v) is 6.86. The zero-order valence-corrected chi connectivity index (χ0v) is 11.1. The first-order chi connectivity index (χ1) is 9.16. The number of benzene rings is 1. The first kappa shape index (κ1) is 12.2. The summed E-state index contributed by atoms with van der Waals surface area (Å²) in [6, 6.07) is 7.87. The Labute approximate surface area is 112 Å². The van der Waals surface area contributed by atoms with Gasteiger partial charge in [0.2, 0.25) is 11.8 Å². The summed E-state index contributed by atoms with van der Waals surface area (Å²) in [6.07, 6.45) is 4.05. The van der Waals surface area contributed by atoms with E-state index < -0.39 is 0 Å². The summed E-state index contributed by atoms with van der Waals surface area (Å²) in [5.41, 5.74) is 1.58. The van der Waals surface area contributed by atoms with Crippen molar-refractivity contribution in [3.8, 4) is 0 Å². The molecule has 0 spiro atoms. The van der Waals surface area contributed by atoms with Crippen molar-refractivity contribution in [3.63, 3.8) is 0 Å². The molecule has 0 bridgehead atoms. The van der Waals surface area contributed by atoms with Crippen LogP contribution in [0.1, 0.15) is 32.6 Å². The zero-order chi connectivity index (χ0) is 13.4. The van der Waals surface area contributed by atoms with Crippen molar-refractivity contribution in [1.82, 2.24) is 0 Å². The maximum Gasteiger partial charge on any atom is 0.227 e. The van der Waals surface area contributed by atoms with Crippen LogP contribution in [-0.2, 0) is 9.59 Å². The molecule has 0 saturated heterocycles. The maximum atomic E-state index is 11.9. The second kappa shape index (κ2) is 4.68. The highest BCUT2D eigenvalue weighted by molar-refractivity contribution is 6.01. The fourth-order valence-corrected chi connectivity index (χ4v) is 2.33. The Balaban J connectivity index is 1.86. The molecule has 0 aromatic heterocycles. The number of rotatable bonds is 4. The van der Waals surface area contributed by atoms with Crippen LogP contribution in [-0.4, -0.2) is 17.9 Å². The van der Waals surface area contributed by atoms with E-state index in [0.29, 0.717) is 6.04 Å². The molecule has 2 saturated carbocycles. The van der Waals surface area contributed by atoms with Crippen molar-refractivity contribution in [2.75, 3.05) is 10.2 Å². The molecule has 4 nitrogen and oxygen atoms in total. The van der Waals surface area contributed by atoms with Crippen molar-refractivity contribution in [1.29, 1.82) is 0 Å². The molecule has 2 aliphatic carbocycles. The van der Waals surface area contributed by atoms with E-state index in [1.807, 2.05) is 29.2 Å². The molecule has 0 atom stereocenters. The largest absolute Gasteiger partial charge is 0.324 e. The normalized spacial score (nSPS) is 17.9. The first-order valence-electron chi connectivity index (χ1n) is 6.86. The minimum atomic E-state index is 0.0376. The van der Waals surface area contributed by atoms with Crippen LogP contribution in [0.5, 0.6) is 0 Å². The van der Waals surface area contributed by atoms with Crippen LogP contribution >= 0.6 is 0 Å². The lowest BCUT2D eigenvalue weighted by molar-refractivity contribution is -0.118. The summed E-state index contributed by atoms with van der Waals surface area (Å²) in [6.45, 7) is 1.58. The number of carbonyl (C=O) groups excluding carboxylic acids is 2. The number of nitrogens with zero attached hydrogens (tertiary/aromatic N) is 1. The van der Waals surface area contributed by atoms with Crippen LogP contribution in [0.25, 0.3) is 0 Å². The maximum absolute atomic E-state index is 11.9. The highest BCUT2D eigenvalue weighted by atomic mass is 16.2. The number of amides is 2. The number of hydrogen-bond donors (Lipinski definition) is 1. The van der Waals surface area contributed by atoms with Gasteiger partial charge in [-0.3, -0.25) is 9.59 Å². The lowest BCUT2D eigenvalue weighted by atomic mass is 10.2. The second-order valence-corrected chi connectivity index (χ2v) is 5.40. The molecular formula is C15H18N2O2. The van der Waals surface area contributed by atoms with E-state index in [4.69, 9.17) is 0 Å². The third kappa shape index (κ3) is 2.62. The van der Waals surface area contributed by atoms with Gasteiger partial charge in [-0.05, 0) is 37.8 Å². The Hall–Kier alpha value is -1.84. The van der Waals surface area contributed by atoms with Gasteiger partial charge in [0, 0.05) is 18.9 Å². The van der Waals surface area contributed by atoms with E-state index >= 15 is 0 Å². The fourth-order valence-electron chi connectivity index (χ4n) is 2.33. The van der Waals surface area contributed by atoms with Gasteiger partial charge in [-0.2, -0.15) is 0 Å². The van der Waals surface area contributed by atoms with Crippen LogP contribution in [0.2, 0.25) is 0 Å². The van der Waals surface area contributed by atoms with E-state index in [1.54, 1.807) is 6.92 Å². The molecule has 1 aromatic carbocycles. The fraction of sp³-hybridized carbons (Fsp3) is 0.467. The predicted octanol–water partition coefficient (Wildman–Crippen LogP) is 2.55. The summed E-state index contributed by atoms with van der Waals surface area (Å²) in [7, 11) is 0. The summed E-state index contributed by atoms with van der Waals surface area (Å²) < 4.78 is 0. The smallest absolute Gasteiger partial charge is 0.227 e. The minimum Gasteiger partial charge on any atom is -0.324 e. The standard InChI is InChI=1S/C15H18N2O2/c1-10(18)17(12-8-9-12)14-5-3-2-4-13(14)16-15(19)11-6-7-11/h2-5,11-12H,6-9H2,1H3,(H,16,19). The SMILES string of the molecule is CC(=O)N(c1ccccc1NC(=O)C1CC1)C1CC1. The number of para-hydroxylation sites is 2. The Morgan fingerprint density at radius 1 is 1.16 bits per heavy atom. The number of anilines is 2. The molecule has 0 unspecified atom stereocenters. The molecule has 1 N–H and O–H groups in total. The quantitative estimate of drug-likeness (QED) is 0.902. The summed E-state index contributed by atoms with van der Waals surface area (Å²) in [5.74, 6) is 0.280. The van der Waals surface area contributed by atoms with E-state index in [-0.39, 0.29) is 17.7 Å². The minimum absolute atomic E-state index is 0.0376. The lowest BCUT2D eigenvalue weighted by Crippen LogP contribution is -2.31. The zero-order valence-electron chi connectivity index (χ0n) is 11.1. The van der Waals surface area contributed by atoms with Crippen molar-refractivity contribution in [2.24, 2.45) is 5.92 Å². The van der Waals surface area contributed by atoms with Gasteiger partial charge in [0.25, 0.3) is 0 Å². The highest BCUT2D eigenvalue weighted by Gasteiger charge is 2.34. The number of nitrogens with one attached hydrogen (secondary N) is 1. The summed E-state index contributed by atoms with van der Waals surface area (Å²) >= 11 is 0. The summed E-state index contributed by atoms with van der Waals surface area (Å²) in [4.78, 5) is 25.5. The molecule has 2 aliphatic rings. The van der Waals surface area contributed by atoms with Crippen LogP contribution < -0.4 is 10.2 Å². The Morgan fingerprint density at radius 3 is 2.42 bits per heavy atom. The van der Waals surface area contributed by atoms with Crippen molar-refractivity contribution in [3.05, 3.63) is 24.3 Å². The second-order valence-electron chi connectivity index (χ2n) is 5.40. The van der Waals surface area contributed by atoms with Gasteiger partial charge in [-0.15, -0.1) is 0 Å². The van der Waals surface area contributed by atoms with E-state index in [1.165, 1.54) is 0 Å². The van der Waals surface area contributed by atoms with Crippen molar-refractivity contribution >= 4 is 23.2 Å². The molecule has 3 rings (SSSR count). The Morgan fingerprint density at radius 2 is 1.84 bits per heavy atom. The molecule has 0 radical (unpaired) electrons. The van der Waals surface area contributed by atoms with Crippen LogP contribution in [0.15, 0.2) is 24.3 Å². The van der Waals surface area contributed by atoms with Gasteiger partial charge in [-0.25, -0.2) is 0 Å². The van der Waals surface area contributed by atoms with E-state index in [0.717, 1.165) is 37.1 Å². The third-order valence-electron chi connectivity index (χ3n) is 3.62. The summed E-state index contributed by atoms with van der Waals surface area (Å²) in [5, 5.41) is 2.96. The Kier molecular flexibility index (Phi) is 3.01. The number of hydrogen-bond acceptors (Lipinski definition) is 2. The molecule has 19 heavy (non-hydrogen) atoms. The molecule has 1 aromatic rings. The molecule has 2 amide bonds. The van der Waals surface area contributed by atoms with Gasteiger partial charge in [0.1, 0.15) is 0 Å². The van der Waals surface area contributed by atoms with Gasteiger partial charge < -0.3 is 10.2 Å². The van der Waals surface area contributed by atoms with Crippen LogP contribution in [0.4, 0.5) is 11.4 Å². The lowest BCUT2D eigenvalue weighted by Gasteiger charge is -2.23. The molecule has 0 heterocycles. The highest BCUT2D eigenvalue weighted by Crippen LogP contribution is 2.37. The van der Waals surface area contributed by atoms with Gasteiger partial charge in [0.15, 0.2) is 0 Å². The molecule has 4 heteroatoms. The monoisotopic (exact) mass is 258 g/mol. The topological polar surface area (TPSA) is 49.4 Å². The third-order valence-corrected chi connectivity index (χ3v) is 3.62. The number of carbonyl (C=O) groups is 2. The average molecular weight is 258 g/mol. The van der Waals surface area contributed by atoms with Crippen molar-refractivity contribution in [2.45, 2.75) is 38.6 Å². The average Bonchev–Trinajstić information content (AvgIpc) is 3.25. The molecule has 100 valence electrons. The molecule has 2 fully saturated rings. The van der Waals surface area contributed by atoms with Gasteiger partial charge in [-0.1, -0.05) is 12.1 Å². The Bertz CT molecular complexity index is 519. The van der Waals surface area contributed by atoms with Gasteiger partial charge in [0.05, 0.1) is 11.4 Å². The van der Waals surface area contributed by atoms with E-state index in [9.17, 15) is 9.59 Å². The predicted molar refractivity (Wildman–Crippen MR) is 74.0 cm³/mol. The molecule has 0 aliphatic heterocycles. The molecular weight excluding hydrogens is 240 g/mol. The van der Waals surface area contributed by atoms with Gasteiger partial charge >= 0.3 is 0 Å². The van der Waals surface area contributed by atoms with Crippen LogP contribution in [0, 0.1) is 5.92 Å².